The molecule has 6 heteroatoms. The Hall–Kier alpha value is -2.73. The van der Waals surface area contributed by atoms with Crippen LogP contribution < -0.4 is 15.0 Å². The Labute approximate surface area is 174 Å². The largest absolute Gasteiger partial charge is 0.497 e. The molecule has 0 saturated carbocycles. The molecule has 0 bridgehead atoms. The number of guanidine groups is 1. The summed E-state index contributed by atoms with van der Waals surface area (Å²) in [6.07, 6.45) is 0. The third-order valence-corrected chi connectivity index (χ3v) is 5.17. The molecule has 0 aliphatic carbocycles. The number of rotatable bonds is 7. The Balaban J connectivity index is 1.63. The number of hydrogen-bond acceptors (Lipinski definition) is 4. The molecule has 2 aromatic carbocycles. The van der Waals surface area contributed by atoms with Crippen molar-refractivity contribution in [3.05, 3.63) is 59.7 Å². The van der Waals surface area contributed by atoms with Crippen molar-refractivity contribution in [2.45, 2.75) is 20.1 Å². The Kier molecular flexibility index (Phi) is 7.76. The monoisotopic (exact) mass is 396 g/mol. The quantitative estimate of drug-likeness (QED) is 0.576. The minimum atomic E-state index is 0.614. The van der Waals surface area contributed by atoms with Gasteiger partial charge in [0.15, 0.2) is 5.96 Å². The lowest BCUT2D eigenvalue weighted by Gasteiger charge is -2.37. The molecule has 1 fully saturated rings. The standard InChI is InChI=1S/C23H32N4O2/c1-4-24-23(25-17-19-7-5-6-8-20(19)18-28-2)27-15-13-26(14-16-27)21-9-11-22(29-3)12-10-21/h5-12H,4,13-18H2,1-3H3,(H,24,25). The maximum absolute atomic E-state index is 5.32. The fraction of sp³-hybridized carbons (Fsp3) is 0.435. The predicted molar refractivity (Wildman–Crippen MR) is 119 cm³/mol. The van der Waals surface area contributed by atoms with Crippen LogP contribution in [0.2, 0.25) is 0 Å². The fourth-order valence-electron chi connectivity index (χ4n) is 3.56. The average molecular weight is 397 g/mol. The molecule has 0 unspecified atom stereocenters. The molecule has 0 aromatic heterocycles. The number of nitrogens with zero attached hydrogens (tertiary/aromatic N) is 3. The molecule has 2 aromatic rings. The number of anilines is 1. The zero-order chi connectivity index (χ0) is 20.5. The third kappa shape index (κ3) is 5.64. The Bertz CT molecular complexity index is 784. The van der Waals surface area contributed by atoms with E-state index in [1.807, 2.05) is 18.2 Å². The highest BCUT2D eigenvalue weighted by atomic mass is 16.5. The molecule has 0 spiro atoms. The van der Waals surface area contributed by atoms with E-state index in [4.69, 9.17) is 14.5 Å². The highest BCUT2D eigenvalue weighted by molar-refractivity contribution is 5.80. The zero-order valence-corrected chi connectivity index (χ0v) is 17.7. The van der Waals surface area contributed by atoms with Gasteiger partial charge in [-0.1, -0.05) is 24.3 Å². The minimum absolute atomic E-state index is 0.614. The number of piperazine rings is 1. The molecule has 1 aliphatic rings. The number of methoxy groups -OCH3 is 2. The van der Waals surface area contributed by atoms with Gasteiger partial charge in [-0.25, -0.2) is 4.99 Å². The molecule has 1 saturated heterocycles. The van der Waals surface area contributed by atoms with E-state index in [1.54, 1.807) is 14.2 Å². The van der Waals surface area contributed by atoms with Crippen molar-refractivity contribution in [2.75, 3.05) is 51.8 Å². The average Bonchev–Trinajstić information content (AvgIpc) is 2.78. The van der Waals surface area contributed by atoms with Crippen LogP contribution in [0.4, 0.5) is 5.69 Å². The first-order valence-corrected chi connectivity index (χ1v) is 10.2. The third-order valence-electron chi connectivity index (χ3n) is 5.17. The molecule has 1 N–H and O–H groups in total. The number of aliphatic imine (C=N–C) groups is 1. The second-order valence-electron chi connectivity index (χ2n) is 7.04. The zero-order valence-electron chi connectivity index (χ0n) is 17.7. The summed E-state index contributed by atoms with van der Waals surface area (Å²) in [6.45, 7) is 8.06. The summed E-state index contributed by atoms with van der Waals surface area (Å²) in [4.78, 5) is 9.67. The number of benzene rings is 2. The minimum Gasteiger partial charge on any atom is -0.497 e. The van der Waals surface area contributed by atoms with Gasteiger partial charge in [0, 0.05) is 45.5 Å². The lowest BCUT2D eigenvalue weighted by atomic mass is 10.1. The van der Waals surface area contributed by atoms with Gasteiger partial charge in [-0.15, -0.1) is 0 Å². The van der Waals surface area contributed by atoms with Gasteiger partial charge in [0.05, 0.1) is 20.3 Å². The van der Waals surface area contributed by atoms with Crippen molar-refractivity contribution < 1.29 is 9.47 Å². The Morgan fingerprint density at radius 3 is 2.28 bits per heavy atom. The first-order chi connectivity index (χ1) is 14.2. The van der Waals surface area contributed by atoms with Gasteiger partial charge in [0.2, 0.25) is 0 Å². The van der Waals surface area contributed by atoms with Crippen LogP contribution in [0, 0.1) is 0 Å². The topological polar surface area (TPSA) is 49.3 Å². The molecule has 3 rings (SSSR count). The van der Waals surface area contributed by atoms with E-state index in [0.717, 1.165) is 44.4 Å². The Morgan fingerprint density at radius 1 is 0.966 bits per heavy atom. The molecule has 0 atom stereocenters. The molecular weight excluding hydrogens is 364 g/mol. The van der Waals surface area contributed by atoms with Crippen LogP contribution in [0.25, 0.3) is 0 Å². The van der Waals surface area contributed by atoms with Crippen molar-refractivity contribution >= 4 is 11.6 Å². The summed E-state index contributed by atoms with van der Waals surface area (Å²) in [5, 5.41) is 3.45. The fourth-order valence-corrected chi connectivity index (χ4v) is 3.56. The van der Waals surface area contributed by atoms with E-state index in [9.17, 15) is 0 Å². The lowest BCUT2D eigenvalue weighted by Crippen LogP contribution is -2.52. The SMILES string of the molecule is CCNC(=NCc1ccccc1COC)N1CCN(c2ccc(OC)cc2)CC1. The highest BCUT2D eigenvalue weighted by Gasteiger charge is 2.20. The molecule has 29 heavy (non-hydrogen) atoms. The normalized spacial score (nSPS) is 14.8. The van der Waals surface area contributed by atoms with Crippen molar-refractivity contribution in [3.63, 3.8) is 0 Å². The summed E-state index contributed by atoms with van der Waals surface area (Å²) in [5.41, 5.74) is 3.64. The van der Waals surface area contributed by atoms with Crippen LogP contribution >= 0.6 is 0 Å². The van der Waals surface area contributed by atoms with Crippen LogP contribution in [-0.4, -0.2) is 57.8 Å². The highest BCUT2D eigenvalue weighted by Crippen LogP contribution is 2.20. The van der Waals surface area contributed by atoms with Gasteiger partial charge in [-0.2, -0.15) is 0 Å². The Morgan fingerprint density at radius 2 is 1.66 bits per heavy atom. The van der Waals surface area contributed by atoms with Crippen LogP contribution in [-0.2, 0) is 17.9 Å². The number of hydrogen-bond donors (Lipinski definition) is 1. The van der Waals surface area contributed by atoms with Gasteiger partial charge in [0.1, 0.15) is 5.75 Å². The van der Waals surface area contributed by atoms with Crippen LogP contribution in [0.3, 0.4) is 0 Å². The van der Waals surface area contributed by atoms with Crippen LogP contribution in [0.5, 0.6) is 5.75 Å². The van der Waals surface area contributed by atoms with Crippen molar-refractivity contribution in [3.8, 4) is 5.75 Å². The van der Waals surface area contributed by atoms with Gasteiger partial charge in [-0.05, 0) is 42.3 Å². The lowest BCUT2D eigenvalue weighted by molar-refractivity contribution is 0.184. The van der Waals surface area contributed by atoms with E-state index in [0.29, 0.717) is 13.2 Å². The molecule has 0 amide bonds. The molecule has 1 aliphatic heterocycles. The molecule has 156 valence electrons. The smallest absolute Gasteiger partial charge is 0.194 e. The summed E-state index contributed by atoms with van der Waals surface area (Å²) in [7, 11) is 3.43. The summed E-state index contributed by atoms with van der Waals surface area (Å²) in [6, 6.07) is 16.6. The van der Waals surface area contributed by atoms with Gasteiger partial charge >= 0.3 is 0 Å². The van der Waals surface area contributed by atoms with Crippen LogP contribution in [0.1, 0.15) is 18.1 Å². The molecular formula is C23H32N4O2. The van der Waals surface area contributed by atoms with E-state index < -0.39 is 0 Å². The van der Waals surface area contributed by atoms with Crippen molar-refractivity contribution in [1.29, 1.82) is 0 Å². The first kappa shape index (κ1) is 21.0. The van der Waals surface area contributed by atoms with E-state index >= 15 is 0 Å². The summed E-state index contributed by atoms with van der Waals surface area (Å²) >= 11 is 0. The molecule has 6 nitrogen and oxygen atoms in total. The van der Waals surface area contributed by atoms with Crippen molar-refractivity contribution in [2.24, 2.45) is 4.99 Å². The van der Waals surface area contributed by atoms with E-state index in [-0.39, 0.29) is 0 Å². The second-order valence-corrected chi connectivity index (χ2v) is 7.04. The van der Waals surface area contributed by atoms with Gasteiger partial charge in [-0.3, -0.25) is 0 Å². The maximum atomic E-state index is 5.32. The maximum Gasteiger partial charge on any atom is 0.194 e. The predicted octanol–water partition coefficient (Wildman–Crippen LogP) is 3.13. The summed E-state index contributed by atoms with van der Waals surface area (Å²) in [5.74, 6) is 1.87. The summed E-state index contributed by atoms with van der Waals surface area (Å²) < 4.78 is 10.6. The number of nitrogens with one attached hydrogen (secondary N) is 1. The van der Waals surface area contributed by atoms with Gasteiger partial charge in [0.25, 0.3) is 0 Å². The van der Waals surface area contributed by atoms with Crippen molar-refractivity contribution in [1.82, 2.24) is 10.2 Å². The second kappa shape index (κ2) is 10.7. The molecule has 0 radical (unpaired) electrons. The van der Waals surface area contributed by atoms with Gasteiger partial charge < -0.3 is 24.6 Å². The van der Waals surface area contributed by atoms with Crippen LogP contribution in [0.15, 0.2) is 53.5 Å². The first-order valence-electron chi connectivity index (χ1n) is 10.2. The van der Waals surface area contributed by atoms with E-state index in [2.05, 4.69) is 52.4 Å². The van der Waals surface area contributed by atoms with E-state index in [1.165, 1.54) is 16.8 Å². The number of ether oxygens (including phenoxy) is 2. The molecule has 1 heterocycles.